The molecule has 1 amide bonds. The van der Waals surface area contributed by atoms with E-state index in [2.05, 4.69) is 22.3 Å². The van der Waals surface area contributed by atoms with Gasteiger partial charge in [-0.2, -0.15) is 0 Å². The van der Waals surface area contributed by atoms with Crippen LogP contribution in [0.25, 0.3) is 0 Å². The quantitative estimate of drug-likeness (QED) is 0.833. The van der Waals surface area contributed by atoms with Gasteiger partial charge in [-0.25, -0.2) is 0 Å². The number of carbonyl (C=O) groups excluding carboxylic acids is 1. The van der Waals surface area contributed by atoms with Crippen molar-refractivity contribution < 1.29 is 4.79 Å². The van der Waals surface area contributed by atoms with Crippen LogP contribution in [0.5, 0.6) is 0 Å². The standard InChI is InChI=1S/C21H25ClN2O/c1-16(18-9-11-20(22)12-10-18)23-21(25)19-7-5-17(6-8-19)15-24-13-3-2-4-14-24/h5-12,16H,2-4,13-15H2,1H3,(H,23,25). The van der Waals surface area contributed by atoms with Crippen molar-refractivity contribution in [3.63, 3.8) is 0 Å². The first-order valence-electron chi connectivity index (χ1n) is 8.99. The Hall–Kier alpha value is -1.84. The molecular formula is C21H25ClN2O. The second-order valence-electron chi connectivity index (χ2n) is 6.78. The van der Waals surface area contributed by atoms with E-state index in [1.54, 1.807) is 0 Å². The van der Waals surface area contributed by atoms with Crippen molar-refractivity contribution in [2.45, 2.75) is 38.8 Å². The molecule has 132 valence electrons. The molecule has 1 aliphatic heterocycles. The highest BCUT2D eigenvalue weighted by Gasteiger charge is 2.13. The van der Waals surface area contributed by atoms with Crippen LogP contribution >= 0.6 is 11.6 Å². The van der Waals surface area contributed by atoms with Crippen molar-refractivity contribution in [3.05, 3.63) is 70.2 Å². The zero-order valence-electron chi connectivity index (χ0n) is 14.7. The van der Waals surface area contributed by atoms with Gasteiger partial charge in [0, 0.05) is 17.1 Å². The van der Waals surface area contributed by atoms with E-state index < -0.39 is 0 Å². The summed E-state index contributed by atoms with van der Waals surface area (Å²) in [4.78, 5) is 14.9. The first-order valence-corrected chi connectivity index (χ1v) is 9.37. The van der Waals surface area contributed by atoms with E-state index in [-0.39, 0.29) is 11.9 Å². The molecule has 0 radical (unpaired) electrons. The maximum absolute atomic E-state index is 12.4. The number of carbonyl (C=O) groups is 1. The molecule has 25 heavy (non-hydrogen) atoms. The molecule has 1 heterocycles. The molecule has 3 rings (SSSR count). The number of amides is 1. The lowest BCUT2D eigenvalue weighted by atomic mass is 10.1. The molecule has 1 atom stereocenters. The molecule has 0 spiro atoms. The number of benzene rings is 2. The third-order valence-corrected chi connectivity index (χ3v) is 5.04. The summed E-state index contributed by atoms with van der Waals surface area (Å²) in [5, 5.41) is 3.74. The molecule has 0 aromatic heterocycles. The van der Waals surface area contributed by atoms with Crippen molar-refractivity contribution >= 4 is 17.5 Å². The zero-order valence-corrected chi connectivity index (χ0v) is 15.4. The Balaban J connectivity index is 1.57. The molecule has 3 nitrogen and oxygen atoms in total. The minimum atomic E-state index is -0.0576. The molecule has 2 aromatic rings. The minimum absolute atomic E-state index is 0.0491. The Kier molecular flexibility index (Phi) is 6.11. The van der Waals surface area contributed by atoms with Gasteiger partial charge in [0.15, 0.2) is 0 Å². The summed E-state index contributed by atoms with van der Waals surface area (Å²) >= 11 is 5.91. The fraction of sp³-hybridized carbons (Fsp3) is 0.381. The van der Waals surface area contributed by atoms with Crippen LogP contribution in [0.2, 0.25) is 5.02 Å². The van der Waals surface area contributed by atoms with E-state index in [0.717, 1.165) is 12.1 Å². The minimum Gasteiger partial charge on any atom is -0.346 e. The summed E-state index contributed by atoms with van der Waals surface area (Å²) in [5.74, 6) is -0.0491. The molecule has 4 heteroatoms. The average Bonchev–Trinajstić information content (AvgIpc) is 2.63. The number of likely N-dealkylation sites (tertiary alicyclic amines) is 1. The van der Waals surface area contributed by atoms with E-state index >= 15 is 0 Å². The molecule has 1 N–H and O–H groups in total. The number of hydrogen-bond acceptors (Lipinski definition) is 2. The summed E-state index contributed by atoms with van der Waals surface area (Å²) in [6.07, 6.45) is 3.94. The molecule has 1 saturated heterocycles. The second kappa shape index (κ2) is 8.50. The highest BCUT2D eigenvalue weighted by Crippen LogP contribution is 2.17. The van der Waals surface area contributed by atoms with Crippen LogP contribution in [-0.2, 0) is 6.54 Å². The van der Waals surface area contributed by atoms with Gasteiger partial charge in [0.05, 0.1) is 6.04 Å². The summed E-state index contributed by atoms with van der Waals surface area (Å²) < 4.78 is 0. The van der Waals surface area contributed by atoms with E-state index in [4.69, 9.17) is 11.6 Å². The third kappa shape index (κ3) is 5.07. The molecule has 1 fully saturated rings. The number of piperidine rings is 1. The van der Waals surface area contributed by atoms with Gasteiger partial charge in [-0.1, -0.05) is 42.3 Å². The van der Waals surface area contributed by atoms with Crippen LogP contribution in [0.4, 0.5) is 0 Å². The SMILES string of the molecule is CC(NC(=O)c1ccc(CN2CCCCC2)cc1)c1ccc(Cl)cc1. The van der Waals surface area contributed by atoms with Gasteiger partial charge in [0.2, 0.25) is 0 Å². The fourth-order valence-corrected chi connectivity index (χ4v) is 3.38. The topological polar surface area (TPSA) is 32.3 Å². The van der Waals surface area contributed by atoms with Crippen LogP contribution in [0.1, 0.15) is 53.7 Å². The number of halogens is 1. The first-order chi connectivity index (χ1) is 12.1. The maximum Gasteiger partial charge on any atom is 0.251 e. The van der Waals surface area contributed by atoms with Gasteiger partial charge in [-0.3, -0.25) is 9.69 Å². The van der Waals surface area contributed by atoms with E-state index in [1.165, 1.54) is 37.9 Å². The molecule has 0 saturated carbocycles. The lowest BCUT2D eigenvalue weighted by Gasteiger charge is -2.26. The second-order valence-corrected chi connectivity index (χ2v) is 7.22. The normalized spacial score (nSPS) is 16.4. The lowest BCUT2D eigenvalue weighted by molar-refractivity contribution is 0.0940. The van der Waals surface area contributed by atoms with Gasteiger partial charge in [-0.15, -0.1) is 0 Å². The maximum atomic E-state index is 12.4. The van der Waals surface area contributed by atoms with Crippen LogP contribution in [-0.4, -0.2) is 23.9 Å². The molecule has 0 bridgehead atoms. The fourth-order valence-electron chi connectivity index (χ4n) is 3.25. The Morgan fingerprint density at radius 3 is 2.32 bits per heavy atom. The Morgan fingerprint density at radius 1 is 1.04 bits per heavy atom. The van der Waals surface area contributed by atoms with Crippen molar-refractivity contribution in [3.8, 4) is 0 Å². The van der Waals surface area contributed by atoms with Crippen molar-refractivity contribution in [1.82, 2.24) is 10.2 Å². The van der Waals surface area contributed by atoms with Crippen LogP contribution in [0.3, 0.4) is 0 Å². The molecule has 1 unspecified atom stereocenters. The van der Waals surface area contributed by atoms with Gasteiger partial charge in [-0.05, 0) is 68.2 Å². The van der Waals surface area contributed by atoms with Gasteiger partial charge >= 0.3 is 0 Å². The largest absolute Gasteiger partial charge is 0.346 e. The summed E-state index contributed by atoms with van der Waals surface area (Å²) in [6, 6.07) is 15.5. The smallest absolute Gasteiger partial charge is 0.251 e. The van der Waals surface area contributed by atoms with Crippen molar-refractivity contribution in [2.24, 2.45) is 0 Å². The Labute approximate surface area is 155 Å². The molecule has 1 aliphatic rings. The van der Waals surface area contributed by atoms with Gasteiger partial charge < -0.3 is 5.32 Å². The van der Waals surface area contributed by atoms with Gasteiger partial charge in [0.25, 0.3) is 5.91 Å². The van der Waals surface area contributed by atoms with Crippen LogP contribution in [0, 0.1) is 0 Å². The molecule has 0 aliphatic carbocycles. The van der Waals surface area contributed by atoms with Crippen molar-refractivity contribution in [2.75, 3.05) is 13.1 Å². The first kappa shape index (κ1) is 18.0. The predicted octanol–water partition coefficient (Wildman–Crippen LogP) is 4.82. The monoisotopic (exact) mass is 356 g/mol. The third-order valence-electron chi connectivity index (χ3n) is 4.79. The summed E-state index contributed by atoms with van der Waals surface area (Å²) in [5.41, 5.74) is 3.01. The Bertz CT molecular complexity index is 691. The Morgan fingerprint density at radius 2 is 1.68 bits per heavy atom. The number of hydrogen-bond donors (Lipinski definition) is 1. The van der Waals surface area contributed by atoms with Gasteiger partial charge in [0.1, 0.15) is 0 Å². The zero-order chi connectivity index (χ0) is 17.6. The highest BCUT2D eigenvalue weighted by atomic mass is 35.5. The van der Waals surface area contributed by atoms with Crippen LogP contribution in [0.15, 0.2) is 48.5 Å². The van der Waals surface area contributed by atoms with Crippen molar-refractivity contribution in [1.29, 1.82) is 0 Å². The van der Waals surface area contributed by atoms with Crippen LogP contribution < -0.4 is 5.32 Å². The summed E-state index contributed by atoms with van der Waals surface area (Å²) in [7, 11) is 0. The molecule has 2 aromatic carbocycles. The van der Waals surface area contributed by atoms with E-state index in [0.29, 0.717) is 10.6 Å². The number of nitrogens with zero attached hydrogens (tertiary/aromatic N) is 1. The number of nitrogens with one attached hydrogen (secondary N) is 1. The summed E-state index contributed by atoms with van der Waals surface area (Å²) in [6.45, 7) is 5.32. The lowest BCUT2D eigenvalue weighted by Crippen LogP contribution is -2.29. The number of rotatable bonds is 5. The average molecular weight is 357 g/mol. The highest BCUT2D eigenvalue weighted by molar-refractivity contribution is 6.30. The predicted molar refractivity (Wildman–Crippen MR) is 103 cm³/mol. The molecular weight excluding hydrogens is 332 g/mol. The van der Waals surface area contributed by atoms with E-state index in [9.17, 15) is 4.79 Å². The van der Waals surface area contributed by atoms with E-state index in [1.807, 2.05) is 43.3 Å².